The first-order valence-corrected chi connectivity index (χ1v) is 7.95. The number of fused-ring (bicyclic) bond motifs is 2. The maximum absolute atomic E-state index is 12.7. The number of carbonyl (C=O) groups excluding carboxylic acids is 2. The summed E-state index contributed by atoms with van der Waals surface area (Å²) in [5.41, 5.74) is 0.958. The summed E-state index contributed by atoms with van der Waals surface area (Å²) >= 11 is 0. The van der Waals surface area contributed by atoms with Crippen molar-refractivity contribution in [3.05, 3.63) is 36.1 Å². The number of hydrogen-bond acceptors (Lipinski definition) is 3. The standard InChI is InChI=1S/C19H26O3/c1-6-9-22-16-11-15(20)17-18(21)14(16)10-13(19(17,4)5)8-7-12(2)3/h6-7,11,13-14,17H,1,8-10H2,2-5H3/t13-,14+,17-/m0/s1. The summed E-state index contributed by atoms with van der Waals surface area (Å²) in [7, 11) is 0. The van der Waals surface area contributed by atoms with Crippen molar-refractivity contribution in [2.24, 2.45) is 23.2 Å². The predicted molar refractivity (Wildman–Crippen MR) is 87.2 cm³/mol. The summed E-state index contributed by atoms with van der Waals surface area (Å²) in [6, 6.07) is 0. The summed E-state index contributed by atoms with van der Waals surface area (Å²) in [4.78, 5) is 25.2. The second-order valence-electron chi connectivity index (χ2n) is 7.21. The lowest BCUT2D eigenvalue weighted by molar-refractivity contribution is -0.147. The van der Waals surface area contributed by atoms with E-state index in [-0.39, 0.29) is 22.9 Å². The molecule has 2 aliphatic rings. The van der Waals surface area contributed by atoms with Gasteiger partial charge in [0.1, 0.15) is 12.4 Å². The number of carbonyl (C=O) groups is 2. The molecule has 3 heteroatoms. The van der Waals surface area contributed by atoms with Gasteiger partial charge in [-0.1, -0.05) is 38.2 Å². The third-order valence-corrected chi connectivity index (χ3v) is 5.04. The van der Waals surface area contributed by atoms with Crippen LogP contribution in [-0.2, 0) is 14.3 Å². The highest BCUT2D eigenvalue weighted by Crippen LogP contribution is 2.51. The molecule has 0 radical (unpaired) electrons. The Bertz CT molecular complexity index is 547. The molecule has 0 aromatic heterocycles. The largest absolute Gasteiger partial charge is 0.493 e. The Balaban J connectivity index is 2.34. The van der Waals surface area contributed by atoms with E-state index in [2.05, 4.69) is 40.3 Å². The van der Waals surface area contributed by atoms with Gasteiger partial charge in [0.15, 0.2) is 11.6 Å². The average molecular weight is 302 g/mol. The molecule has 0 unspecified atom stereocenters. The van der Waals surface area contributed by atoms with Gasteiger partial charge in [-0.25, -0.2) is 0 Å². The third kappa shape index (κ3) is 2.94. The minimum Gasteiger partial charge on any atom is -0.493 e. The van der Waals surface area contributed by atoms with E-state index in [0.29, 0.717) is 18.3 Å². The summed E-state index contributed by atoms with van der Waals surface area (Å²) in [5.74, 6) is -0.0414. The van der Waals surface area contributed by atoms with Gasteiger partial charge in [0.25, 0.3) is 0 Å². The van der Waals surface area contributed by atoms with Gasteiger partial charge in [0, 0.05) is 6.08 Å². The predicted octanol–water partition coefficient (Wildman–Crippen LogP) is 3.86. The third-order valence-electron chi connectivity index (χ3n) is 5.04. The molecule has 120 valence electrons. The van der Waals surface area contributed by atoms with Gasteiger partial charge >= 0.3 is 0 Å². The van der Waals surface area contributed by atoms with Gasteiger partial charge < -0.3 is 4.74 Å². The van der Waals surface area contributed by atoms with Crippen LogP contribution in [0.5, 0.6) is 0 Å². The number of ketones is 2. The molecule has 0 heterocycles. The maximum atomic E-state index is 12.7. The fourth-order valence-electron chi connectivity index (χ4n) is 3.67. The van der Waals surface area contributed by atoms with Crippen LogP contribution in [0.4, 0.5) is 0 Å². The van der Waals surface area contributed by atoms with Crippen LogP contribution in [0.3, 0.4) is 0 Å². The molecule has 0 spiro atoms. The zero-order chi connectivity index (χ0) is 16.5. The first kappa shape index (κ1) is 16.7. The Labute approximate surface area is 133 Å². The van der Waals surface area contributed by atoms with Crippen molar-refractivity contribution in [1.82, 2.24) is 0 Å². The van der Waals surface area contributed by atoms with E-state index < -0.39 is 5.92 Å². The summed E-state index contributed by atoms with van der Waals surface area (Å²) in [6.45, 7) is 12.2. The Kier molecular flexibility index (Phi) is 4.74. The van der Waals surface area contributed by atoms with E-state index in [4.69, 9.17) is 4.74 Å². The molecule has 0 N–H and O–H groups in total. The normalized spacial score (nSPS) is 29.6. The van der Waals surface area contributed by atoms with E-state index in [1.54, 1.807) is 12.2 Å². The lowest BCUT2D eigenvalue weighted by Crippen LogP contribution is -2.52. The second kappa shape index (κ2) is 6.23. The molecule has 3 nitrogen and oxygen atoms in total. The fourth-order valence-corrected chi connectivity index (χ4v) is 3.67. The molecule has 0 amide bonds. The zero-order valence-corrected chi connectivity index (χ0v) is 14.0. The molecule has 22 heavy (non-hydrogen) atoms. The van der Waals surface area contributed by atoms with Crippen molar-refractivity contribution in [2.45, 2.75) is 40.5 Å². The van der Waals surface area contributed by atoms with E-state index in [9.17, 15) is 9.59 Å². The van der Waals surface area contributed by atoms with Gasteiger partial charge in [-0.05, 0) is 38.0 Å². The second-order valence-corrected chi connectivity index (χ2v) is 7.21. The van der Waals surface area contributed by atoms with Crippen LogP contribution in [0, 0.1) is 23.2 Å². The van der Waals surface area contributed by atoms with Crippen LogP contribution >= 0.6 is 0 Å². The summed E-state index contributed by atoms with van der Waals surface area (Å²) in [5, 5.41) is 0. The molecule has 1 saturated carbocycles. The molecule has 2 rings (SSSR count). The molecular weight excluding hydrogens is 276 g/mol. The molecule has 0 saturated heterocycles. The zero-order valence-electron chi connectivity index (χ0n) is 14.0. The topological polar surface area (TPSA) is 43.4 Å². The van der Waals surface area contributed by atoms with Crippen molar-refractivity contribution < 1.29 is 14.3 Å². The Morgan fingerprint density at radius 2 is 2.09 bits per heavy atom. The van der Waals surface area contributed by atoms with E-state index in [1.165, 1.54) is 5.57 Å². The molecular formula is C19H26O3. The molecule has 3 atom stereocenters. The average Bonchev–Trinajstić information content (AvgIpc) is 2.41. The summed E-state index contributed by atoms with van der Waals surface area (Å²) < 4.78 is 5.59. The molecule has 0 aromatic rings. The molecule has 1 fully saturated rings. The lowest BCUT2D eigenvalue weighted by Gasteiger charge is -2.48. The minimum atomic E-state index is -0.530. The highest BCUT2D eigenvalue weighted by molar-refractivity contribution is 6.13. The Morgan fingerprint density at radius 1 is 1.41 bits per heavy atom. The van der Waals surface area contributed by atoms with Crippen molar-refractivity contribution in [2.75, 3.05) is 6.61 Å². The number of allylic oxidation sites excluding steroid dienone is 4. The van der Waals surface area contributed by atoms with E-state index >= 15 is 0 Å². The molecule has 2 bridgehead atoms. The van der Waals surface area contributed by atoms with Crippen molar-refractivity contribution in [3.8, 4) is 0 Å². The van der Waals surface area contributed by atoms with Crippen LogP contribution < -0.4 is 0 Å². The summed E-state index contributed by atoms with van der Waals surface area (Å²) in [6.07, 6.45) is 7.03. The Hall–Kier alpha value is -1.64. The smallest absolute Gasteiger partial charge is 0.170 e. The van der Waals surface area contributed by atoms with Crippen molar-refractivity contribution in [1.29, 1.82) is 0 Å². The highest BCUT2D eigenvalue weighted by Gasteiger charge is 2.54. The van der Waals surface area contributed by atoms with Gasteiger partial charge in [0.2, 0.25) is 0 Å². The van der Waals surface area contributed by atoms with Crippen LogP contribution in [0.25, 0.3) is 0 Å². The SMILES string of the molecule is C=CCOC1=CC(=O)[C@H]2C(=O)[C@@H]1C[C@H](CC=C(C)C)C2(C)C. The Morgan fingerprint density at radius 3 is 2.68 bits per heavy atom. The van der Waals surface area contributed by atoms with Crippen LogP contribution in [-0.4, -0.2) is 18.2 Å². The van der Waals surface area contributed by atoms with Gasteiger partial charge in [-0.15, -0.1) is 0 Å². The van der Waals surface area contributed by atoms with Crippen molar-refractivity contribution >= 4 is 11.6 Å². The van der Waals surface area contributed by atoms with Crippen molar-refractivity contribution in [3.63, 3.8) is 0 Å². The number of Topliss-reactive ketones (excluding diaryl/α,β-unsaturated/α-hetero) is 1. The van der Waals surface area contributed by atoms with Crippen LogP contribution in [0.15, 0.2) is 36.1 Å². The van der Waals surface area contributed by atoms with E-state index in [0.717, 1.165) is 12.8 Å². The number of rotatable bonds is 5. The van der Waals surface area contributed by atoms with Crippen LogP contribution in [0.2, 0.25) is 0 Å². The van der Waals surface area contributed by atoms with Gasteiger partial charge in [-0.3, -0.25) is 9.59 Å². The first-order chi connectivity index (χ1) is 10.3. The molecule has 0 aliphatic heterocycles. The van der Waals surface area contributed by atoms with E-state index in [1.807, 2.05) is 0 Å². The monoisotopic (exact) mass is 302 g/mol. The number of ether oxygens (including phenoxy) is 1. The highest BCUT2D eigenvalue weighted by atomic mass is 16.5. The lowest BCUT2D eigenvalue weighted by atomic mass is 9.54. The first-order valence-electron chi connectivity index (χ1n) is 7.95. The fraction of sp³-hybridized carbons (Fsp3) is 0.579. The number of hydrogen-bond donors (Lipinski definition) is 0. The molecule has 2 aliphatic carbocycles. The maximum Gasteiger partial charge on any atom is 0.170 e. The van der Waals surface area contributed by atoms with Gasteiger partial charge in [0.05, 0.1) is 11.8 Å². The molecule has 0 aromatic carbocycles. The quantitative estimate of drug-likeness (QED) is 0.572. The minimum absolute atomic E-state index is 0.0324. The van der Waals surface area contributed by atoms with Crippen LogP contribution in [0.1, 0.15) is 40.5 Å². The van der Waals surface area contributed by atoms with Gasteiger partial charge in [-0.2, -0.15) is 0 Å².